The zero-order valence-electron chi connectivity index (χ0n) is 18.2. The van der Waals surface area contributed by atoms with Crippen LogP contribution in [0.4, 0.5) is 10.5 Å². The van der Waals surface area contributed by atoms with E-state index in [1.165, 1.54) is 11.0 Å². The van der Waals surface area contributed by atoms with Gasteiger partial charge in [0, 0.05) is 25.8 Å². The number of fused-ring (bicyclic) bond motifs is 1. The molecule has 2 aromatic carbocycles. The highest BCUT2D eigenvalue weighted by Crippen LogP contribution is 2.31. The minimum absolute atomic E-state index is 0.195. The maximum atomic E-state index is 13.0. The molecule has 2 aliphatic heterocycles. The lowest BCUT2D eigenvalue weighted by molar-refractivity contribution is 0.0731. The Morgan fingerprint density at radius 2 is 1.78 bits per heavy atom. The molecule has 1 N–H and O–H groups in total. The molecule has 2 heterocycles. The molecule has 2 amide bonds. The first-order valence-corrected chi connectivity index (χ1v) is 12.4. The molecule has 32 heavy (non-hydrogen) atoms. The number of nitrogens with one attached hydrogen (secondary N) is 1. The number of carbonyl (C=O) groups is 1. The molecule has 1 saturated heterocycles. The molecular weight excluding hydrogens is 430 g/mol. The molecule has 9 heteroatoms. The van der Waals surface area contributed by atoms with Crippen molar-refractivity contribution in [1.29, 1.82) is 0 Å². The number of ether oxygens (including phenoxy) is 2. The fourth-order valence-corrected chi connectivity index (χ4v) is 5.49. The summed E-state index contributed by atoms with van der Waals surface area (Å²) in [7, 11) is -1.92. The molecular formula is C23H29N3O5S. The number of anilines is 1. The highest BCUT2D eigenvalue weighted by molar-refractivity contribution is 7.89. The second-order valence-corrected chi connectivity index (χ2v) is 10.1. The number of carbonyl (C=O) groups excluding carboxylic acids is 1. The first-order chi connectivity index (χ1) is 15.4. The summed E-state index contributed by atoms with van der Waals surface area (Å²) in [6, 6.07) is 13.5. The van der Waals surface area contributed by atoms with Gasteiger partial charge in [0.25, 0.3) is 0 Å². The average Bonchev–Trinajstić information content (AvgIpc) is 3.09. The van der Waals surface area contributed by atoms with Gasteiger partial charge in [0.05, 0.1) is 11.4 Å². The lowest BCUT2D eigenvalue weighted by atomic mass is 10.2. The molecule has 0 aromatic heterocycles. The number of para-hydroxylation sites is 2. The molecule has 1 fully saturated rings. The summed E-state index contributed by atoms with van der Waals surface area (Å²) in [5, 5.41) is 2.79. The van der Waals surface area contributed by atoms with Gasteiger partial charge in [0.2, 0.25) is 10.0 Å². The van der Waals surface area contributed by atoms with Gasteiger partial charge in [-0.25, -0.2) is 13.2 Å². The molecule has 8 nitrogen and oxygen atoms in total. The predicted octanol–water partition coefficient (Wildman–Crippen LogP) is 3.56. The van der Waals surface area contributed by atoms with E-state index < -0.39 is 10.0 Å². The number of hydrogen-bond acceptors (Lipinski definition) is 5. The zero-order valence-corrected chi connectivity index (χ0v) is 19.0. The molecule has 0 saturated carbocycles. The summed E-state index contributed by atoms with van der Waals surface area (Å²) in [6.45, 7) is 1.74. The van der Waals surface area contributed by atoms with Gasteiger partial charge in [0.15, 0.2) is 17.6 Å². The normalized spacial score (nSPS) is 19.1. The van der Waals surface area contributed by atoms with Gasteiger partial charge in [-0.3, -0.25) is 0 Å². The summed E-state index contributed by atoms with van der Waals surface area (Å²) in [5.41, 5.74) is 0.434. The third-order valence-electron chi connectivity index (χ3n) is 5.68. The maximum Gasteiger partial charge on any atom is 0.321 e. The summed E-state index contributed by atoms with van der Waals surface area (Å²) in [5.74, 6) is 1.35. The fourth-order valence-electron chi connectivity index (χ4n) is 3.93. The molecule has 172 valence electrons. The van der Waals surface area contributed by atoms with Gasteiger partial charge in [-0.15, -0.1) is 0 Å². The van der Waals surface area contributed by atoms with Crippen molar-refractivity contribution in [3.63, 3.8) is 0 Å². The van der Waals surface area contributed by atoms with Gasteiger partial charge < -0.3 is 19.7 Å². The first-order valence-electron chi connectivity index (χ1n) is 10.9. The van der Waals surface area contributed by atoms with E-state index in [0.29, 0.717) is 43.4 Å². The Labute approximate surface area is 189 Å². The zero-order chi connectivity index (χ0) is 22.6. The van der Waals surface area contributed by atoms with E-state index in [9.17, 15) is 13.2 Å². The van der Waals surface area contributed by atoms with Crippen LogP contribution < -0.4 is 14.8 Å². The molecule has 2 aromatic rings. The monoisotopic (exact) mass is 459 g/mol. The van der Waals surface area contributed by atoms with Crippen molar-refractivity contribution in [3.05, 3.63) is 48.5 Å². The van der Waals surface area contributed by atoms with Crippen LogP contribution in [0.1, 0.15) is 25.7 Å². The standard InChI is InChI=1S/C23H29N3O5S/c1-25(16-19-17-30-21-11-4-5-12-22(21)31-19)23(27)24-18-9-8-10-20(15-18)32(28,29)26-13-6-2-3-7-14-26/h4-5,8-12,15,19H,2-3,6-7,13-14,16-17H2,1H3,(H,24,27). The van der Waals surface area contributed by atoms with Crippen LogP contribution in [0.3, 0.4) is 0 Å². The quantitative estimate of drug-likeness (QED) is 0.739. The Kier molecular flexibility index (Phi) is 6.86. The number of amides is 2. The van der Waals surface area contributed by atoms with Crippen molar-refractivity contribution in [1.82, 2.24) is 9.21 Å². The SMILES string of the molecule is CN(CC1COc2ccccc2O1)C(=O)Nc1cccc(S(=O)(=O)N2CCCCCC2)c1. The minimum Gasteiger partial charge on any atom is -0.486 e. The van der Waals surface area contributed by atoms with Crippen molar-refractivity contribution in [3.8, 4) is 11.5 Å². The second kappa shape index (κ2) is 9.79. The maximum absolute atomic E-state index is 13.0. The summed E-state index contributed by atoms with van der Waals surface area (Å²) < 4.78 is 39.3. The fraction of sp³-hybridized carbons (Fsp3) is 0.435. The Bertz CT molecular complexity index is 1050. The van der Waals surface area contributed by atoms with Crippen molar-refractivity contribution in [2.45, 2.75) is 36.7 Å². The number of benzene rings is 2. The van der Waals surface area contributed by atoms with E-state index in [-0.39, 0.29) is 17.0 Å². The minimum atomic E-state index is -3.58. The van der Waals surface area contributed by atoms with E-state index in [2.05, 4.69) is 5.32 Å². The van der Waals surface area contributed by atoms with Crippen LogP contribution in [-0.2, 0) is 10.0 Å². The van der Waals surface area contributed by atoms with Crippen LogP contribution in [0, 0.1) is 0 Å². The van der Waals surface area contributed by atoms with Crippen molar-refractivity contribution in [2.75, 3.05) is 38.6 Å². The van der Waals surface area contributed by atoms with Crippen LogP contribution in [0.25, 0.3) is 0 Å². The second-order valence-electron chi connectivity index (χ2n) is 8.15. The topological polar surface area (TPSA) is 88.2 Å². The average molecular weight is 460 g/mol. The van der Waals surface area contributed by atoms with Gasteiger partial charge in [0.1, 0.15) is 6.61 Å². The highest BCUT2D eigenvalue weighted by Gasteiger charge is 2.26. The third kappa shape index (κ3) is 5.16. The Morgan fingerprint density at radius 3 is 2.53 bits per heavy atom. The van der Waals surface area contributed by atoms with E-state index >= 15 is 0 Å². The smallest absolute Gasteiger partial charge is 0.321 e. The molecule has 4 rings (SSSR count). The lowest BCUT2D eigenvalue weighted by Gasteiger charge is -2.29. The Balaban J connectivity index is 1.38. The van der Waals surface area contributed by atoms with Gasteiger partial charge in [-0.1, -0.05) is 31.0 Å². The van der Waals surface area contributed by atoms with Crippen LogP contribution in [-0.4, -0.2) is 63.0 Å². The number of rotatable bonds is 5. The predicted molar refractivity (Wildman–Crippen MR) is 122 cm³/mol. The third-order valence-corrected chi connectivity index (χ3v) is 7.57. The molecule has 0 bridgehead atoms. The molecule has 2 aliphatic rings. The molecule has 1 atom stereocenters. The largest absolute Gasteiger partial charge is 0.486 e. The first kappa shape index (κ1) is 22.4. The van der Waals surface area contributed by atoms with Gasteiger partial charge in [-0.05, 0) is 43.2 Å². The van der Waals surface area contributed by atoms with E-state index in [1.54, 1.807) is 29.6 Å². The Morgan fingerprint density at radius 1 is 1.06 bits per heavy atom. The van der Waals surface area contributed by atoms with Crippen LogP contribution in [0.5, 0.6) is 11.5 Å². The van der Waals surface area contributed by atoms with Crippen LogP contribution in [0.15, 0.2) is 53.4 Å². The van der Waals surface area contributed by atoms with E-state index in [4.69, 9.17) is 9.47 Å². The van der Waals surface area contributed by atoms with Crippen molar-refractivity contribution >= 4 is 21.7 Å². The molecule has 1 unspecified atom stereocenters. The number of sulfonamides is 1. The lowest BCUT2D eigenvalue weighted by Crippen LogP contribution is -2.43. The summed E-state index contributed by atoms with van der Waals surface area (Å²) in [4.78, 5) is 14.4. The number of urea groups is 1. The van der Waals surface area contributed by atoms with Crippen LogP contribution >= 0.6 is 0 Å². The van der Waals surface area contributed by atoms with Gasteiger partial charge in [-0.2, -0.15) is 4.31 Å². The van der Waals surface area contributed by atoms with E-state index in [1.807, 2.05) is 24.3 Å². The number of nitrogens with zero attached hydrogens (tertiary/aromatic N) is 2. The highest BCUT2D eigenvalue weighted by atomic mass is 32.2. The van der Waals surface area contributed by atoms with E-state index in [0.717, 1.165) is 25.7 Å². The molecule has 0 radical (unpaired) electrons. The Hall–Kier alpha value is -2.78. The summed E-state index contributed by atoms with van der Waals surface area (Å²) >= 11 is 0. The van der Waals surface area contributed by atoms with Crippen molar-refractivity contribution in [2.24, 2.45) is 0 Å². The molecule has 0 aliphatic carbocycles. The number of hydrogen-bond donors (Lipinski definition) is 1. The van der Waals surface area contributed by atoms with Crippen LogP contribution in [0.2, 0.25) is 0 Å². The molecule has 0 spiro atoms. The van der Waals surface area contributed by atoms with Gasteiger partial charge >= 0.3 is 6.03 Å². The summed E-state index contributed by atoms with van der Waals surface area (Å²) in [6.07, 6.45) is 3.55. The van der Waals surface area contributed by atoms with Crippen molar-refractivity contribution < 1.29 is 22.7 Å². The number of likely N-dealkylation sites (N-methyl/N-ethyl adjacent to an activating group) is 1.